The molecule has 0 spiro atoms. The number of aromatic hydroxyl groups is 1. The van der Waals surface area contributed by atoms with Crippen molar-refractivity contribution in [1.82, 2.24) is 15.2 Å². The Hall–Kier alpha value is -2.16. The first-order chi connectivity index (χ1) is 12.9. The van der Waals surface area contributed by atoms with Gasteiger partial charge < -0.3 is 5.11 Å². The Morgan fingerprint density at radius 1 is 1.26 bits per heavy atom. The van der Waals surface area contributed by atoms with E-state index in [4.69, 9.17) is 11.6 Å². The Kier molecular flexibility index (Phi) is 6.30. The maximum atomic E-state index is 12.3. The molecule has 6 nitrogen and oxygen atoms in total. The minimum atomic E-state index is -0.478. The van der Waals surface area contributed by atoms with Crippen LogP contribution in [-0.2, 0) is 6.54 Å². The highest BCUT2D eigenvalue weighted by atomic mass is 79.9. The van der Waals surface area contributed by atoms with E-state index in [0.717, 1.165) is 10.0 Å². The molecule has 2 N–H and O–H groups in total. The van der Waals surface area contributed by atoms with E-state index >= 15 is 0 Å². The summed E-state index contributed by atoms with van der Waals surface area (Å²) in [6.07, 6.45) is 3.04. The van der Waals surface area contributed by atoms with Gasteiger partial charge in [0.1, 0.15) is 5.75 Å². The summed E-state index contributed by atoms with van der Waals surface area (Å²) in [5.41, 5.74) is 4.03. The zero-order chi connectivity index (χ0) is 19.4. The number of hydrazone groups is 1. The van der Waals surface area contributed by atoms with Gasteiger partial charge in [-0.25, -0.2) is 5.43 Å². The molecule has 1 amide bonds. The van der Waals surface area contributed by atoms with Crippen molar-refractivity contribution in [3.05, 3.63) is 79.5 Å². The van der Waals surface area contributed by atoms with E-state index in [1.54, 1.807) is 16.9 Å². The summed E-state index contributed by atoms with van der Waals surface area (Å²) < 4.78 is 3.21. The number of nitrogens with one attached hydrogen (secondary N) is 1. The van der Waals surface area contributed by atoms with Crippen molar-refractivity contribution < 1.29 is 9.90 Å². The Morgan fingerprint density at radius 2 is 2.00 bits per heavy atom. The van der Waals surface area contributed by atoms with Gasteiger partial charge in [0.15, 0.2) is 5.69 Å². The first-order valence-electron chi connectivity index (χ1n) is 7.71. The zero-order valence-corrected chi connectivity index (χ0v) is 17.7. The quantitative estimate of drug-likeness (QED) is 0.388. The number of rotatable bonds is 5. The van der Waals surface area contributed by atoms with Crippen LogP contribution in [-0.4, -0.2) is 27.0 Å². The van der Waals surface area contributed by atoms with Gasteiger partial charge in [-0.05, 0) is 51.8 Å². The zero-order valence-electron chi connectivity index (χ0n) is 13.7. The van der Waals surface area contributed by atoms with Crippen molar-refractivity contribution >= 4 is 55.6 Å². The van der Waals surface area contributed by atoms with Gasteiger partial charge in [0.2, 0.25) is 0 Å². The van der Waals surface area contributed by atoms with Gasteiger partial charge in [0.05, 0.1) is 17.2 Å². The van der Waals surface area contributed by atoms with E-state index in [9.17, 15) is 9.90 Å². The highest BCUT2D eigenvalue weighted by Crippen LogP contribution is 2.20. The molecule has 3 rings (SSSR count). The van der Waals surface area contributed by atoms with Crippen LogP contribution in [0.15, 0.2) is 62.7 Å². The third-order valence-corrected chi connectivity index (χ3v) is 4.89. The Balaban J connectivity index is 1.68. The summed E-state index contributed by atoms with van der Waals surface area (Å²) in [6, 6.07) is 12.4. The summed E-state index contributed by atoms with van der Waals surface area (Å²) in [4.78, 5) is 12.3. The number of carbonyl (C=O) groups is 1. The van der Waals surface area contributed by atoms with E-state index < -0.39 is 5.91 Å². The van der Waals surface area contributed by atoms with Gasteiger partial charge in [-0.15, -0.1) is 0 Å². The summed E-state index contributed by atoms with van der Waals surface area (Å²) in [5, 5.41) is 18.3. The molecule has 0 aliphatic carbocycles. The van der Waals surface area contributed by atoms with Crippen LogP contribution in [0.4, 0.5) is 0 Å². The molecule has 0 aliphatic heterocycles. The van der Waals surface area contributed by atoms with Crippen molar-refractivity contribution in [2.24, 2.45) is 5.10 Å². The summed E-state index contributed by atoms with van der Waals surface area (Å²) in [6.45, 7) is 0.527. The average Bonchev–Trinajstić information content (AvgIpc) is 3.00. The molecule has 0 aliphatic rings. The van der Waals surface area contributed by atoms with E-state index in [-0.39, 0.29) is 11.4 Å². The maximum absolute atomic E-state index is 12.3. The number of phenols is 1. The lowest BCUT2D eigenvalue weighted by molar-refractivity contribution is 0.0948. The van der Waals surface area contributed by atoms with Crippen LogP contribution < -0.4 is 5.43 Å². The fraction of sp³-hybridized carbons (Fsp3) is 0.0556. The number of carbonyl (C=O) groups excluding carboxylic acids is 1. The number of phenolic OH excluding ortho intramolecular Hbond substituents is 1. The molecule has 2 aromatic carbocycles. The van der Waals surface area contributed by atoms with Crippen molar-refractivity contribution in [3.8, 4) is 5.75 Å². The Morgan fingerprint density at radius 3 is 2.74 bits per heavy atom. The monoisotopic (exact) mass is 510 g/mol. The molecule has 1 heterocycles. The lowest BCUT2D eigenvalue weighted by atomic mass is 10.2. The van der Waals surface area contributed by atoms with Crippen molar-refractivity contribution in [3.63, 3.8) is 0 Å². The molecule has 0 radical (unpaired) electrons. The smallest absolute Gasteiger partial charge is 0.293 e. The first kappa shape index (κ1) is 19.6. The van der Waals surface area contributed by atoms with E-state index in [1.807, 2.05) is 24.3 Å². The number of amides is 1. The maximum Gasteiger partial charge on any atom is 0.293 e. The third-order valence-electron chi connectivity index (χ3n) is 3.55. The van der Waals surface area contributed by atoms with Gasteiger partial charge in [-0.1, -0.05) is 39.7 Å². The second kappa shape index (κ2) is 8.69. The Labute approximate surface area is 177 Å². The lowest BCUT2D eigenvalue weighted by Crippen LogP contribution is -2.19. The molecule has 1 aromatic heterocycles. The topological polar surface area (TPSA) is 79.5 Å². The van der Waals surface area contributed by atoms with Crippen LogP contribution >= 0.6 is 43.5 Å². The predicted molar refractivity (Wildman–Crippen MR) is 111 cm³/mol. The van der Waals surface area contributed by atoms with Crippen LogP contribution in [0, 0.1) is 0 Å². The molecule has 9 heteroatoms. The van der Waals surface area contributed by atoms with Crippen LogP contribution in [0.2, 0.25) is 5.02 Å². The molecule has 0 atom stereocenters. The van der Waals surface area contributed by atoms with Gasteiger partial charge in [0, 0.05) is 21.3 Å². The third kappa shape index (κ3) is 5.18. The first-order valence-corrected chi connectivity index (χ1v) is 9.68. The number of nitrogens with zero attached hydrogens (tertiary/aromatic N) is 3. The fourth-order valence-corrected chi connectivity index (χ4v) is 3.19. The SMILES string of the molecule is O=C(N/N=C/c1cc(Cl)ccc1O)c1nn(Cc2ccc(Br)cc2)cc1Br. The van der Waals surface area contributed by atoms with Gasteiger partial charge in [-0.2, -0.15) is 10.2 Å². The molecular weight excluding hydrogens is 499 g/mol. The number of hydrogen-bond donors (Lipinski definition) is 2. The lowest BCUT2D eigenvalue weighted by Gasteiger charge is -2.02. The molecule has 0 bridgehead atoms. The van der Waals surface area contributed by atoms with Crippen LogP contribution in [0.3, 0.4) is 0 Å². The summed E-state index contributed by atoms with van der Waals surface area (Å²) >= 11 is 12.6. The normalized spacial score (nSPS) is 11.1. The fourth-order valence-electron chi connectivity index (χ4n) is 2.25. The number of hydrogen-bond acceptors (Lipinski definition) is 4. The van der Waals surface area contributed by atoms with Crippen molar-refractivity contribution in [1.29, 1.82) is 0 Å². The average molecular weight is 513 g/mol. The molecule has 0 unspecified atom stereocenters. The van der Waals surface area contributed by atoms with Crippen molar-refractivity contribution in [2.45, 2.75) is 6.54 Å². The predicted octanol–water partition coefficient (Wildman–Crippen LogP) is 4.58. The molecule has 0 fully saturated rings. The molecule has 3 aromatic rings. The number of aromatic nitrogens is 2. The van der Waals surface area contributed by atoms with Crippen molar-refractivity contribution in [2.75, 3.05) is 0 Å². The standard InChI is InChI=1S/C18H13Br2ClN4O2/c19-13-3-1-11(2-4-13)9-25-10-15(20)17(24-25)18(27)23-22-8-12-7-14(21)5-6-16(12)26/h1-8,10,26H,9H2,(H,23,27)/b22-8+. The van der Waals surface area contributed by atoms with Crippen LogP contribution in [0.5, 0.6) is 5.75 Å². The van der Waals surface area contributed by atoms with Gasteiger partial charge in [0.25, 0.3) is 5.91 Å². The molecule has 0 saturated heterocycles. The van der Waals surface area contributed by atoms with Gasteiger partial charge >= 0.3 is 0 Å². The highest BCUT2D eigenvalue weighted by molar-refractivity contribution is 9.10. The largest absolute Gasteiger partial charge is 0.507 e. The summed E-state index contributed by atoms with van der Waals surface area (Å²) in [7, 11) is 0. The highest BCUT2D eigenvalue weighted by Gasteiger charge is 2.15. The molecule has 138 valence electrons. The number of halogens is 3. The summed E-state index contributed by atoms with van der Waals surface area (Å²) in [5.74, 6) is -0.466. The minimum absolute atomic E-state index is 0.0114. The molecular formula is C18H13Br2ClN4O2. The van der Waals surface area contributed by atoms with Crippen LogP contribution in [0.25, 0.3) is 0 Å². The van der Waals surface area contributed by atoms with Crippen LogP contribution in [0.1, 0.15) is 21.6 Å². The number of benzene rings is 2. The van der Waals surface area contributed by atoms with E-state index in [1.165, 1.54) is 18.3 Å². The molecule has 27 heavy (non-hydrogen) atoms. The Bertz CT molecular complexity index is 1000. The van der Waals surface area contributed by atoms with E-state index in [2.05, 4.69) is 47.5 Å². The van der Waals surface area contributed by atoms with Gasteiger partial charge in [-0.3, -0.25) is 9.48 Å². The molecule has 0 saturated carbocycles. The second-order valence-electron chi connectivity index (χ2n) is 5.55. The minimum Gasteiger partial charge on any atom is -0.507 e. The van der Waals surface area contributed by atoms with E-state index in [0.29, 0.717) is 21.6 Å². The second-order valence-corrected chi connectivity index (χ2v) is 7.76.